The Labute approximate surface area is 138 Å². The van der Waals surface area contributed by atoms with Crippen LogP contribution in [0.5, 0.6) is 0 Å². The molecule has 1 saturated heterocycles. The van der Waals surface area contributed by atoms with E-state index in [1.807, 2.05) is 6.92 Å². The largest absolute Gasteiger partial charge is 0.481 e. The van der Waals surface area contributed by atoms with Crippen molar-refractivity contribution < 1.29 is 24.2 Å². The minimum absolute atomic E-state index is 0.0675. The summed E-state index contributed by atoms with van der Waals surface area (Å²) in [4.78, 5) is 25.8. The summed E-state index contributed by atoms with van der Waals surface area (Å²) in [5, 5.41) is 12.3. The van der Waals surface area contributed by atoms with Crippen LogP contribution in [0, 0.1) is 5.41 Å². The summed E-state index contributed by atoms with van der Waals surface area (Å²) >= 11 is 0. The number of alkyl carbamates (subject to hydrolysis) is 1. The van der Waals surface area contributed by atoms with Gasteiger partial charge in [0, 0.05) is 19.6 Å². The smallest absolute Gasteiger partial charge is 0.407 e. The molecule has 1 unspecified atom stereocenters. The van der Waals surface area contributed by atoms with Gasteiger partial charge >= 0.3 is 12.1 Å². The third kappa shape index (κ3) is 6.74. The van der Waals surface area contributed by atoms with Gasteiger partial charge in [-0.3, -0.25) is 9.69 Å². The highest BCUT2D eigenvalue weighted by molar-refractivity contribution is 5.76. The van der Waals surface area contributed by atoms with Crippen LogP contribution in [0.2, 0.25) is 0 Å². The molecule has 0 saturated carbocycles. The lowest BCUT2D eigenvalue weighted by molar-refractivity contribution is -0.149. The van der Waals surface area contributed by atoms with Crippen molar-refractivity contribution >= 4 is 12.1 Å². The number of nitrogens with zero attached hydrogens (tertiary/aromatic N) is 1. The molecule has 1 fully saturated rings. The second-order valence-electron chi connectivity index (χ2n) is 7.00. The van der Waals surface area contributed by atoms with Crippen LogP contribution >= 0.6 is 0 Å². The van der Waals surface area contributed by atoms with E-state index in [2.05, 4.69) is 10.2 Å². The van der Waals surface area contributed by atoms with E-state index in [-0.39, 0.29) is 6.54 Å². The van der Waals surface area contributed by atoms with E-state index in [1.165, 1.54) is 0 Å². The van der Waals surface area contributed by atoms with Crippen molar-refractivity contribution in [3.05, 3.63) is 0 Å². The fraction of sp³-hybridized carbons (Fsp3) is 0.875. The van der Waals surface area contributed by atoms with E-state index in [9.17, 15) is 14.7 Å². The maximum absolute atomic E-state index is 11.8. The number of aliphatic carboxylic acids is 1. The molecular formula is C16H30N2O5. The molecule has 23 heavy (non-hydrogen) atoms. The van der Waals surface area contributed by atoms with Crippen molar-refractivity contribution in [3.63, 3.8) is 0 Å². The van der Waals surface area contributed by atoms with Crippen LogP contribution in [-0.2, 0) is 14.3 Å². The molecule has 1 aliphatic heterocycles. The van der Waals surface area contributed by atoms with E-state index in [4.69, 9.17) is 9.47 Å². The maximum Gasteiger partial charge on any atom is 0.407 e. The number of nitrogens with one attached hydrogen (secondary N) is 1. The third-order valence-electron chi connectivity index (χ3n) is 4.11. The van der Waals surface area contributed by atoms with Crippen LogP contribution in [0.1, 0.15) is 40.5 Å². The average molecular weight is 330 g/mol. The molecule has 7 nitrogen and oxygen atoms in total. The van der Waals surface area contributed by atoms with Gasteiger partial charge in [0.05, 0.1) is 18.6 Å². The summed E-state index contributed by atoms with van der Waals surface area (Å²) in [7, 11) is 0. The Morgan fingerprint density at radius 1 is 1.26 bits per heavy atom. The van der Waals surface area contributed by atoms with Crippen LogP contribution in [0.4, 0.5) is 4.79 Å². The summed E-state index contributed by atoms with van der Waals surface area (Å²) < 4.78 is 10.5. The number of hydrogen-bond donors (Lipinski definition) is 2. The summed E-state index contributed by atoms with van der Waals surface area (Å²) in [5.74, 6) is -0.885. The SMILES string of the molecule is CCC(CCN1CCOCC1)(CNC(=O)OC(C)(C)C)C(=O)O. The van der Waals surface area contributed by atoms with Gasteiger partial charge in [-0.05, 0) is 40.2 Å². The number of rotatable bonds is 7. The molecular weight excluding hydrogens is 300 g/mol. The number of carboxylic acid groups (broad SMARTS) is 1. The van der Waals surface area contributed by atoms with Crippen LogP contribution in [0.15, 0.2) is 0 Å². The summed E-state index contributed by atoms with van der Waals surface area (Å²) in [6, 6.07) is 0. The van der Waals surface area contributed by atoms with Gasteiger partial charge in [0.25, 0.3) is 0 Å². The first kappa shape index (κ1) is 19.7. The second kappa shape index (κ2) is 8.49. The molecule has 0 bridgehead atoms. The van der Waals surface area contributed by atoms with E-state index in [1.54, 1.807) is 20.8 Å². The molecule has 1 amide bonds. The Morgan fingerprint density at radius 2 is 1.87 bits per heavy atom. The first-order valence-electron chi connectivity index (χ1n) is 8.19. The van der Waals surface area contributed by atoms with Gasteiger partial charge in [-0.25, -0.2) is 4.79 Å². The summed E-state index contributed by atoms with van der Waals surface area (Å²) in [6.45, 7) is 10.9. The lowest BCUT2D eigenvalue weighted by atomic mass is 9.81. The molecule has 0 radical (unpaired) electrons. The molecule has 1 rings (SSSR count). The van der Waals surface area contributed by atoms with Gasteiger partial charge in [0.1, 0.15) is 5.60 Å². The molecule has 2 N–H and O–H groups in total. The lowest BCUT2D eigenvalue weighted by Gasteiger charge is -2.33. The van der Waals surface area contributed by atoms with Crippen molar-refractivity contribution in [3.8, 4) is 0 Å². The van der Waals surface area contributed by atoms with Crippen LogP contribution in [0.25, 0.3) is 0 Å². The van der Waals surface area contributed by atoms with Crippen molar-refractivity contribution in [1.29, 1.82) is 0 Å². The molecule has 1 heterocycles. The highest BCUT2D eigenvalue weighted by atomic mass is 16.6. The van der Waals surface area contributed by atoms with Gasteiger partial charge < -0.3 is 19.9 Å². The Kier molecular flexibility index (Phi) is 7.28. The lowest BCUT2D eigenvalue weighted by Crippen LogP contribution is -2.47. The van der Waals surface area contributed by atoms with E-state index >= 15 is 0 Å². The van der Waals surface area contributed by atoms with Crippen LogP contribution in [0.3, 0.4) is 0 Å². The zero-order chi connectivity index (χ0) is 17.5. The quantitative estimate of drug-likeness (QED) is 0.739. The van der Waals surface area contributed by atoms with Crippen molar-refractivity contribution in [2.75, 3.05) is 39.4 Å². The zero-order valence-electron chi connectivity index (χ0n) is 14.7. The number of hydrogen-bond acceptors (Lipinski definition) is 5. The first-order chi connectivity index (χ1) is 10.7. The number of amides is 1. The number of carboxylic acids is 1. The molecule has 0 spiro atoms. The first-order valence-corrected chi connectivity index (χ1v) is 8.19. The monoisotopic (exact) mass is 330 g/mol. The van der Waals surface area contributed by atoms with Crippen molar-refractivity contribution in [1.82, 2.24) is 10.2 Å². The molecule has 1 atom stereocenters. The average Bonchev–Trinajstić information content (AvgIpc) is 2.47. The van der Waals surface area contributed by atoms with Gasteiger partial charge in [-0.15, -0.1) is 0 Å². The predicted octanol–water partition coefficient (Wildman–Crippen LogP) is 1.71. The van der Waals surface area contributed by atoms with Gasteiger partial charge in [-0.2, -0.15) is 0 Å². The molecule has 0 aromatic carbocycles. The van der Waals surface area contributed by atoms with E-state index < -0.39 is 23.1 Å². The minimum atomic E-state index is -0.977. The number of morpholine rings is 1. The molecule has 0 aromatic rings. The van der Waals surface area contributed by atoms with Gasteiger partial charge in [0.2, 0.25) is 0 Å². The maximum atomic E-state index is 11.8. The van der Waals surface area contributed by atoms with E-state index in [0.29, 0.717) is 32.6 Å². The molecule has 134 valence electrons. The molecule has 0 aliphatic carbocycles. The Hall–Kier alpha value is -1.34. The predicted molar refractivity (Wildman–Crippen MR) is 86.5 cm³/mol. The Morgan fingerprint density at radius 3 is 2.35 bits per heavy atom. The van der Waals surface area contributed by atoms with Gasteiger partial charge in [-0.1, -0.05) is 6.92 Å². The molecule has 1 aliphatic rings. The minimum Gasteiger partial charge on any atom is -0.481 e. The van der Waals surface area contributed by atoms with E-state index in [0.717, 1.165) is 13.1 Å². The van der Waals surface area contributed by atoms with Crippen molar-refractivity contribution in [2.24, 2.45) is 5.41 Å². The highest BCUT2D eigenvalue weighted by Crippen LogP contribution is 2.27. The number of ether oxygens (including phenoxy) is 2. The zero-order valence-corrected chi connectivity index (χ0v) is 14.7. The van der Waals surface area contributed by atoms with Crippen LogP contribution < -0.4 is 5.32 Å². The number of carbonyl (C=O) groups excluding carboxylic acids is 1. The topological polar surface area (TPSA) is 88.1 Å². The summed E-state index contributed by atoms with van der Waals surface area (Å²) in [5.41, 5.74) is -1.58. The fourth-order valence-electron chi connectivity index (χ4n) is 2.48. The normalized spacial score (nSPS) is 19.0. The summed E-state index contributed by atoms with van der Waals surface area (Å²) in [6.07, 6.45) is 0.347. The molecule has 7 heteroatoms. The fourth-order valence-corrected chi connectivity index (χ4v) is 2.48. The Bertz CT molecular complexity index is 402. The second-order valence-corrected chi connectivity index (χ2v) is 7.00. The standard InChI is InChI=1S/C16H30N2O5/c1-5-16(13(19)20,6-7-18-8-10-22-11-9-18)12-17-14(21)23-15(2,3)4/h5-12H2,1-4H3,(H,17,21)(H,19,20). The van der Waals surface area contributed by atoms with Crippen molar-refractivity contribution in [2.45, 2.75) is 46.1 Å². The Balaban J connectivity index is 2.59. The van der Waals surface area contributed by atoms with Gasteiger partial charge in [0.15, 0.2) is 0 Å². The third-order valence-corrected chi connectivity index (χ3v) is 4.11. The highest BCUT2D eigenvalue weighted by Gasteiger charge is 2.37. The number of carbonyl (C=O) groups is 2. The molecule has 0 aromatic heterocycles. The van der Waals surface area contributed by atoms with Crippen LogP contribution in [-0.4, -0.2) is 67.1 Å².